The van der Waals surface area contributed by atoms with Gasteiger partial charge in [-0.15, -0.1) is 12.3 Å². The number of aryl methyl sites for hydroxylation is 1. The monoisotopic (exact) mass is 309 g/mol. The van der Waals surface area contributed by atoms with Crippen molar-refractivity contribution in [2.75, 3.05) is 13.3 Å². The molecule has 0 spiro atoms. The van der Waals surface area contributed by atoms with Crippen molar-refractivity contribution in [2.45, 2.75) is 25.2 Å². The summed E-state index contributed by atoms with van der Waals surface area (Å²) in [6, 6.07) is 19.5. The predicted octanol–water partition coefficient (Wildman–Crippen LogP) is 4.78. The van der Waals surface area contributed by atoms with E-state index >= 15 is 0 Å². The van der Waals surface area contributed by atoms with E-state index in [1.54, 1.807) is 0 Å². The second kappa shape index (κ2) is 8.74. The van der Waals surface area contributed by atoms with E-state index in [4.69, 9.17) is 6.42 Å². The lowest BCUT2D eigenvalue weighted by Crippen LogP contribution is -2.19. The molecule has 2 aromatic carbocycles. The van der Waals surface area contributed by atoms with Crippen molar-refractivity contribution in [3.8, 4) is 12.3 Å². The lowest BCUT2D eigenvalue weighted by molar-refractivity contribution is 0.670. The molecule has 0 bridgehead atoms. The minimum atomic E-state index is -0.0911. The molecule has 0 radical (unpaired) electrons. The fraction of sp³-hybridized carbons (Fsp3) is 0.300. The standard InChI is InChI=1S/C20H24NP/c1-4-5-10-17-11-9-12-18(15-17)16-21-20(22(2)3)19-13-7-6-8-14-19/h1,6-9,11-15,20-21H,5,10,16H2,2-3H3. The van der Waals surface area contributed by atoms with Crippen LogP contribution >= 0.6 is 7.92 Å². The van der Waals surface area contributed by atoms with Crippen molar-refractivity contribution >= 4 is 7.92 Å². The Balaban J connectivity index is 2.02. The third-order valence-corrected chi connectivity index (χ3v) is 5.19. The average Bonchev–Trinajstić information content (AvgIpc) is 2.54. The average molecular weight is 309 g/mol. The molecule has 2 heteroatoms. The highest BCUT2D eigenvalue weighted by molar-refractivity contribution is 7.56. The Morgan fingerprint density at radius 3 is 2.45 bits per heavy atom. The van der Waals surface area contributed by atoms with Gasteiger partial charge in [0.25, 0.3) is 0 Å². The molecule has 1 atom stereocenters. The Hall–Kier alpha value is -1.61. The quantitative estimate of drug-likeness (QED) is 0.573. The van der Waals surface area contributed by atoms with Gasteiger partial charge in [0, 0.05) is 13.0 Å². The number of hydrogen-bond donors (Lipinski definition) is 1. The van der Waals surface area contributed by atoms with E-state index in [9.17, 15) is 0 Å². The van der Waals surface area contributed by atoms with Gasteiger partial charge in [-0.1, -0.05) is 62.5 Å². The van der Waals surface area contributed by atoms with Crippen LogP contribution in [0.25, 0.3) is 0 Å². The fourth-order valence-electron chi connectivity index (χ4n) is 2.56. The molecular weight excluding hydrogens is 285 g/mol. The van der Waals surface area contributed by atoms with Gasteiger partial charge in [0.05, 0.1) is 5.78 Å². The molecule has 2 rings (SSSR count). The van der Waals surface area contributed by atoms with E-state index in [1.807, 2.05) is 0 Å². The molecule has 0 amide bonds. The van der Waals surface area contributed by atoms with E-state index < -0.39 is 0 Å². The molecule has 0 fully saturated rings. The first-order chi connectivity index (χ1) is 10.7. The van der Waals surface area contributed by atoms with Crippen molar-refractivity contribution in [1.29, 1.82) is 0 Å². The van der Waals surface area contributed by atoms with Gasteiger partial charge in [-0.3, -0.25) is 0 Å². The molecule has 0 saturated heterocycles. The van der Waals surface area contributed by atoms with Crippen molar-refractivity contribution in [3.63, 3.8) is 0 Å². The first-order valence-electron chi connectivity index (χ1n) is 7.66. The summed E-state index contributed by atoms with van der Waals surface area (Å²) in [5, 5.41) is 3.72. The molecule has 1 unspecified atom stereocenters. The maximum Gasteiger partial charge on any atom is 0.0519 e. The molecule has 114 valence electrons. The van der Waals surface area contributed by atoms with Gasteiger partial charge in [-0.25, -0.2) is 0 Å². The zero-order chi connectivity index (χ0) is 15.8. The van der Waals surface area contributed by atoms with Crippen LogP contribution < -0.4 is 5.32 Å². The third-order valence-electron chi connectivity index (χ3n) is 3.68. The van der Waals surface area contributed by atoms with Crippen LogP contribution in [-0.2, 0) is 13.0 Å². The topological polar surface area (TPSA) is 12.0 Å². The molecule has 0 saturated carbocycles. The lowest BCUT2D eigenvalue weighted by atomic mass is 10.1. The smallest absolute Gasteiger partial charge is 0.0519 e. The van der Waals surface area contributed by atoms with Gasteiger partial charge in [0.1, 0.15) is 0 Å². The Labute approximate surface area is 135 Å². The maximum atomic E-state index is 5.35. The van der Waals surface area contributed by atoms with Gasteiger partial charge in [0.15, 0.2) is 0 Å². The zero-order valence-corrected chi connectivity index (χ0v) is 14.3. The summed E-state index contributed by atoms with van der Waals surface area (Å²) < 4.78 is 0. The summed E-state index contributed by atoms with van der Waals surface area (Å²) in [5.74, 6) is 3.14. The summed E-state index contributed by atoms with van der Waals surface area (Å²) in [6.07, 6.45) is 7.11. The van der Waals surface area contributed by atoms with E-state index in [-0.39, 0.29) is 7.92 Å². The summed E-state index contributed by atoms with van der Waals surface area (Å²) in [4.78, 5) is 0. The van der Waals surface area contributed by atoms with Crippen LogP contribution in [0.4, 0.5) is 0 Å². The highest BCUT2D eigenvalue weighted by atomic mass is 31.1. The van der Waals surface area contributed by atoms with E-state index in [0.29, 0.717) is 5.78 Å². The number of hydrogen-bond acceptors (Lipinski definition) is 1. The molecule has 0 aliphatic carbocycles. The van der Waals surface area contributed by atoms with E-state index in [0.717, 1.165) is 19.4 Å². The van der Waals surface area contributed by atoms with Gasteiger partial charge < -0.3 is 5.32 Å². The number of rotatable bonds is 7. The zero-order valence-electron chi connectivity index (χ0n) is 13.4. The van der Waals surface area contributed by atoms with Crippen molar-refractivity contribution < 1.29 is 0 Å². The minimum absolute atomic E-state index is 0.0911. The van der Waals surface area contributed by atoms with Crippen LogP contribution in [0.1, 0.15) is 28.9 Å². The summed E-state index contributed by atoms with van der Waals surface area (Å²) in [7, 11) is -0.0911. The summed E-state index contributed by atoms with van der Waals surface area (Å²) >= 11 is 0. The molecular formula is C20H24NP. The van der Waals surface area contributed by atoms with Crippen LogP contribution in [0.15, 0.2) is 54.6 Å². The second-order valence-electron chi connectivity index (χ2n) is 5.68. The van der Waals surface area contributed by atoms with Gasteiger partial charge in [-0.2, -0.15) is 0 Å². The second-order valence-corrected chi connectivity index (χ2v) is 8.13. The first-order valence-corrected chi connectivity index (χ1v) is 9.97. The molecule has 22 heavy (non-hydrogen) atoms. The van der Waals surface area contributed by atoms with Gasteiger partial charge >= 0.3 is 0 Å². The summed E-state index contributed by atoms with van der Waals surface area (Å²) in [6.45, 7) is 5.54. The predicted molar refractivity (Wildman–Crippen MR) is 98.4 cm³/mol. The first kappa shape index (κ1) is 16.8. The lowest BCUT2D eigenvalue weighted by Gasteiger charge is -2.23. The molecule has 1 N–H and O–H groups in total. The van der Waals surface area contributed by atoms with Crippen molar-refractivity contribution in [1.82, 2.24) is 5.32 Å². The Bertz CT molecular complexity index is 613. The molecule has 0 aromatic heterocycles. The van der Waals surface area contributed by atoms with Gasteiger partial charge in [-0.05, 0) is 36.4 Å². The van der Waals surface area contributed by atoms with E-state index in [2.05, 4.69) is 79.2 Å². The maximum absolute atomic E-state index is 5.35. The summed E-state index contributed by atoms with van der Waals surface area (Å²) in [5.41, 5.74) is 4.03. The highest BCUT2D eigenvalue weighted by Gasteiger charge is 2.14. The van der Waals surface area contributed by atoms with Crippen LogP contribution in [0.5, 0.6) is 0 Å². The van der Waals surface area contributed by atoms with Crippen molar-refractivity contribution in [3.05, 3.63) is 71.3 Å². The third kappa shape index (κ3) is 4.99. The molecule has 0 heterocycles. The molecule has 0 aliphatic rings. The van der Waals surface area contributed by atoms with E-state index in [1.165, 1.54) is 16.7 Å². The Morgan fingerprint density at radius 2 is 1.77 bits per heavy atom. The highest BCUT2D eigenvalue weighted by Crippen LogP contribution is 2.42. The number of benzene rings is 2. The Kier molecular flexibility index (Phi) is 6.66. The molecule has 1 nitrogen and oxygen atoms in total. The largest absolute Gasteiger partial charge is 0.302 e. The van der Waals surface area contributed by atoms with Crippen LogP contribution in [0, 0.1) is 12.3 Å². The Morgan fingerprint density at radius 1 is 1.05 bits per heavy atom. The number of terminal acetylenes is 1. The molecule has 2 aromatic rings. The van der Waals surface area contributed by atoms with Crippen molar-refractivity contribution in [2.24, 2.45) is 0 Å². The molecule has 0 aliphatic heterocycles. The minimum Gasteiger partial charge on any atom is -0.302 e. The van der Waals surface area contributed by atoms with Gasteiger partial charge in [0.2, 0.25) is 0 Å². The normalized spacial score (nSPS) is 12.1. The number of nitrogens with one attached hydrogen (secondary N) is 1. The van der Waals surface area contributed by atoms with Crippen LogP contribution in [0.2, 0.25) is 0 Å². The SMILES string of the molecule is C#CCCc1cccc(CNC(c2ccccc2)P(C)C)c1. The van der Waals surface area contributed by atoms with Crippen LogP contribution in [0.3, 0.4) is 0 Å². The van der Waals surface area contributed by atoms with Crippen LogP contribution in [-0.4, -0.2) is 13.3 Å². The fourth-order valence-corrected chi connectivity index (χ4v) is 3.78.